The number of rotatable bonds is 11. The first kappa shape index (κ1) is 16.8. The number of hydrogen-bond acceptors (Lipinski definition) is 1. The van der Waals surface area contributed by atoms with E-state index in [0.29, 0.717) is 0 Å². The fourth-order valence-electron chi connectivity index (χ4n) is 1.95. The first-order chi connectivity index (χ1) is 7.68. The molecule has 0 aliphatic rings. The Bertz CT molecular complexity index is 140. The molecule has 2 heteroatoms. The summed E-state index contributed by atoms with van der Waals surface area (Å²) in [5.41, 5.74) is 0. The maximum atomic E-state index is 2.63. The summed E-state index contributed by atoms with van der Waals surface area (Å²) in [6, 6.07) is 0. The lowest BCUT2D eigenvalue weighted by molar-refractivity contribution is 0.860. The predicted octanol–water partition coefficient (Wildman–Crippen LogP) is 5.38. The molecule has 16 heavy (non-hydrogen) atoms. The van der Waals surface area contributed by atoms with Crippen molar-refractivity contribution in [2.45, 2.75) is 52.9 Å². The Hall–Kier alpha value is 0.780. The van der Waals surface area contributed by atoms with Gasteiger partial charge in [0.2, 0.25) is 0 Å². The van der Waals surface area contributed by atoms with Crippen molar-refractivity contribution >= 4 is 19.0 Å². The lowest BCUT2D eigenvalue weighted by Gasteiger charge is -2.23. The van der Waals surface area contributed by atoms with Crippen molar-refractivity contribution in [2.24, 2.45) is 0 Å². The molecule has 0 spiro atoms. The first-order valence-corrected chi connectivity index (χ1v) is 11.0. The minimum atomic E-state index is -0.563. The monoisotopic (exact) mass is 263 g/mol. The highest BCUT2D eigenvalue weighted by atomic mass is 32.2. The van der Waals surface area contributed by atoms with Gasteiger partial charge in [-0.2, -0.15) is 11.8 Å². The van der Waals surface area contributed by atoms with Crippen molar-refractivity contribution in [1.82, 2.24) is 0 Å². The van der Waals surface area contributed by atoms with Crippen molar-refractivity contribution in [3.63, 3.8) is 0 Å². The third kappa shape index (κ3) is 8.88. The van der Waals surface area contributed by atoms with Crippen LogP contribution in [-0.4, -0.2) is 36.7 Å². The van der Waals surface area contributed by atoms with Gasteiger partial charge in [0.05, 0.1) is 18.5 Å². The molecule has 0 aliphatic heterocycles. The average molecular weight is 263 g/mol. The van der Waals surface area contributed by atoms with Gasteiger partial charge in [-0.15, -0.1) is 0 Å². The van der Waals surface area contributed by atoms with E-state index in [0.717, 1.165) is 0 Å². The van der Waals surface area contributed by atoms with Gasteiger partial charge >= 0.3 is 0 Å². The van der Waals surface area contributed by atoms with Crippen LogP contribution in [0, 0.1) is 0 Å². The molecule has 0 aromatic carbocycles. The highest BCUT2D eigenvalue weighted by Gasteiger charge is 2.29. The van der Waals surface area contributed by atoms with Crippen LogP contribution in [0.2, 0.25) is 0 Å². The van der Waals surface area contributed by atoms with Crippen LogP contribution in [0.25, 0.3) is 0 Å². The molecule has 0 rings (SSSR count). The smallest absolute Gasteiger partial charge is 0.0682 e. The largest absolute Gasteiger partial charge is 0.158 e. The fourth-order valence-corrected chi connectivity index (χ4v) is 7.55. The van der Waals surface area contributed by atoms with Gasteiger partial charge in [-0.25, -0.2) is 0 Å². The van der Waals surface area contributed by atoms with Crippen LogP contribution < -0.4 is 0 Å². The molecule has 0 atom stereocenters. The highest BCUT2D eigenvalue weighted by molar-refractivity contribution is 7.99. The van der Waals surface area contributed by atoms with Gasteiger partial charge in [-0.3, -0.25) is 0 Å². The second-order valence-electron chi connectivity index (χ2n) is 5.11. The molecule has 0 amide bonds. The third-order valence-electron chi connectivity index (χ3n) is 3.23. The van der Waals surface area contributed by atoms with Gasteiger partial charge in [-0.05, 0) is 25.0 Å². The van der Waals surface area contributed by atoms with Gasteiger partial charge in [0, 0.05) is 19.7 Å². The van der Waals surface area contributed by atoms with Crippen LogP contribution >= 0.6 is 19.0 Å². The Morgan fingerprint density at radius 3 is 1.75 bits per heavy atom. The lowest BCUT2D eigenvalue weighted by Crippen LogP contribution is -2.09. The highest BCUT2D eigenvalue weighted by Crippen LogP contribution is 2.56. The second-order valence-corrected chi connectivity index (χ2v) is 10.9. The van der Waals surface area contributed by atoms with Crippen LogP contribution in [0.1, 0.15) is 52.9 Å². The summed E-state index contributed by atoms with van der Waals surface area (Å²) < 4.78 is 0. The molecule has 0 aromatic heterocycles. The van der Waals surface area contributed by atoms with Crippen LogP contribution in [0.4, 0.5) is 0 Å². The van der Waals surface area contributed by atoms with Crippen molar-refractivity contribution in [3.8, 4) is 0 Å². The fraction of sp³-hybridized carbons (Fsp3) is 1.00. The molecule has 0 N–H and O–H groups in total. The van der Waals surface area contributed by atoms with Gasteiger partial charge in [0.1, 0.15) is 0 Å². The Labute approximate surface area is 109 Å². The molecular weight excluding hydrogens is 231 g/mol. The first-order valence-electron chi connectivity index (χ1n) is 7.09. The van der Waals surface area contributed by atoms with Gasteiger partial charge in [0.25, 0.3) is 0 Å². The molecule has 0 bridgehead atoms. The van der Waals surface area contributed by atoms with E-state index in [1.54, 1.807) is 12.3 Å². The zero-order chi connectivity index (χ0) is 12.3. The molecule has 0 saturated carbocycles. The quantitative estimate of drug-likeness (QED) is 0.356. The molecule has 0 radical (unpaired) electrons. The van der Waals surface area contributed by atoms with E-state index < -0.39 is 7.26 Å². The van der Waals surface area contributed by atoms with Crippen LogP contribution in [-0.2, 0) is 0 Å². The summed E-state index contributed by atoms with van der Waals surface area (Å²) in [7, 11) is -0.563. The number of thioether (sulfide) groups is 1. The minimum Gasteiger partial charge on any atom is -0.158 e. The van der Waals surface area contributed by atoms with E-state index in [1.165, 1.54) is 49.8 Å². The Morgan fingerprint density at radius 2 is 1.31 bits per heavy atom. The van der Waals surface area contributed by atoms with Crippen LogP contribution in [0.5, 0.6) is 0 Å². The van der Waals surface area contributed by atoms with E-state index in [-0.39, 0.29) is 0 Å². The lowest BCUT2D eigenvalue weighted by atomic mass is 10.4. The topological polar surface area (TPSA) is 0 Å². The van der Waals surface area contributed by atoms with E-state index in [1.807, 2.05) is 0 Å². The van der Waals surface area contributed by atoms with Gasteiger partial charge < -0.3 is 0 Å². The SMILES string of the molecule is CCCC[P+](C)(CCCC)CCSCCC. The minimum absolute atomic E-state index is 0.563. The van der Waals surface area contributed by atoms with E-state index in [4.69, 9.17) is 0 Å². The van der Waals surface area contributed by atoms with E-state index in [2.05, 4.69) is 39.2 Å². The molecule has 0 heterocycles. The second kappa shape index (κ2) is 10.9. The van der Waals surface area contributed by atoms with Crippen molar-refractivity contribution in [3.05, 3.63) is 0 Å². The Morgan fingerprint density at radius 1 is 0.750 bits per heavy atom. The number of unbranched alkanes of at least 4 members (excludes halogenated alkanes) is 2. The van der Waals surface area contributed by atoms with Crippen molar-refractivity contribution < 1.29 is 0 Å². The Kier molecular flexibility index (Phi) is 11.4. The molecule has 0 aliphatic carbocycles. The molecular formula is C14H32PS+. The summed E-state index contributed by atoms with van der Waals surface area (Å²) in [5.74, 6) is 2.78. The predicted molar refractivity (Wildman–Crippen MR) is 84.9 cm³/mol. The molecule has 0 nitrogen and oxygen atoms in total. The summed E-state index contributed by atoms with van der Waals surface area (Å²) in [6.07, 6.45) is 11.7. The van der Waals surface area contributed by atoms with Crippen molar-refractivity contribution in [1.29, 1.82) is 0 Å². The van der Waals surface area contributed by atoms with Crippen LogP contribution in [0.15, 0.2) is 0 Å². The molecule has 0 unspecified atom stereocenters. The van der Waals surface area contributed by atoms with Gasteiger partial charge in [0.15, 0.2) is 0 Å². The van der Waals surface area contributed by atoms with Crippen LogP contribution in [0.3, 0.4) is 0 Å². The Balaban J connectivity index is 3.86. The maximum absolute atomic E-state index is 2.63. The maximum Gasteiger partial charge on any atom is 0.0682 e. The van der Waals surface area contributed by atoms with E-state index in [9.17, 15) is 0 Å². The summed E-state index contributed by atoms with van der Waals surface area (Å²) in [4.78, 5) is 0. The third-order valence-corrected chi connectivity index (χ3v) is 8.81. The summed E-state index contributed by atoms with van der Waals surface area (Å²) >= 11 is 2.17. The zero-order valence-electron chi connectivity index (χ0n) is 11.9. The normalized spacial score (nSPS) is 12.0. The zero-order valence-corrected chi connectivity index (χ0v) is 13.6. The molecule has 0 fully saturated rings. The molecule has 0 saturated heterocycles. The number of hydrogen-bond donors (Lipinski definition) is 0. The van der Waals surface area contributed by atoms with Crippen molar-refractivity contribution in [2.75, 3.05) is 36.7 Å². The summed E-state index contributed by atoms with van der Waals surface area (Å²) in [5, 5.41) is 0. The van der Waals surface area contributed by atoms with E-state index >= 15 is 0 Å². The standard InChI is InChI=1S/C14H32PS/c1-5-8-10-15(4,11-9-6-2)12-14-16-13-7-3/h5-14H2,1-4H3/q+1. The summed E-state index contributed by atoms with van der Waals surface area (Å²) in [6.45, 7) is 9.58. The average Bonchev–Trinajstić information content (AvgIpc) is 2.30. The molecule has 98 valence electrons. The molecule has 0 aromatic rings. The van der Waals surface area contributed by atoms with Gasteiger partial charge in [-0.1, -0.05) is 33.6 Å².